The lowest BCUT2D eigenvalue weighted by Gasteiger charge is -2.40. The molecule has 2 aliphatic heterocycles. The van der Waals surface area contributed by atoms with Gasteiger partial charge in [-0.25, -0.2) is 14.4 Å². The van der Waals surface area contributed by atoms with E-state index >= 15 is 4.39 Å². The van der Waals surface area contributed by atoms with Crippen LogP contribution in [0.2, 0.25) is 0 Å². The number of hydrogen-bond donors (Lipinski definition) is 2. The van der Waals surface area contributed by atoms with E-state index < -0.39 is 5.82 Å². The zero-order valence-corrected chi connectivity index (χ0v) is 21.1. The van der Waals surface area contributed by atoms with Crippen molar-refractivity contribution in [2.45, 2.75) is 64.6 Å². The van der Waals surface area contributed by atoms with Crippen LogP contribution in [0.1, 0.15) is 56.2 Å². The lowest BCUT2D eigenvalue weighted by Crippen LogP contribution is -2.40. The molecule has 1 saturated carbocycles. The highest BCUT2D eigenvalue weighted by molar-refractivity contribution is 5.77. The fourth-order valence-electron chi connectivity index (χ4n) is 5.30. The predicted molar refractivity (Wildman–Crippen MR) is 141 cm³/mol. The monoisotopic (exact) mass is 485 g/mol. The van der Waals surface area contributed by atoms with Crippen LogP contribution in [0.15, 0.2) is 48.8 Å². The summed E-state index contributed by atoms with van der Waals surface area (Å²) in [6.07, 6.45) is 4.35. The molecule has 1 unspecified atom stereocenters. The third kappa shape index (κ3) is 4.11. The Labute approximate surface area is 211 Å². The molecule has 1 fully saturated rings. The van der Waals surface area contributed by atoms with E-state index in [9.17, 15) is 0 Å². The maximum Gasteiger partial charge on any atom is 0.227 e. The number of hydrogen-bond acceptors (Lipinski definition) is 6. The second kappa shape index (κ2) is 8.89. The van der Waals surface area contributed by atoms with Crippen LogP contribution in [0, 0.1) is 5.82 Å². The van der Waals surface area contributed by atoms with Crippen LogP contribution < -0.4 is 20.3 Å². The van der Waals surface area contributed by atoms with Crippen molar-refractivity contribution < 1.29 is 9.13 Å². The average Bonchev–Trinajstić information content (AvgIpc) is 3.71. The van der Waals surface area contributed by atoms with Gasteiger partial charge in [-0.05, 0) is 87.9 Å². The molecule has 36 heavy (non-hydrogen) atoms. The molecule has 186 valence electrons. The number of rotatable bonds is 5. The van der Waals surface area contributed by atoms with Gasteiger partial charge in [-0.15, -0.1) is 0 Å². The largest absolute Gasteiger partial charge is 0.482 e. The van der Waals surface area contributed by atoms with E-state index in [1.54, 1.807) is 0 Å². The van der Waals surface area contributed by atoms with Gasteiger partial charge < -0.3 is 20.3 Å². The molecule has 3 aromatic rings. The minimum atomic E-state index is -0.446. The second-order valence-electron chi connectivity index (χ2n) is 10.3. The Balaban J connectivity index is 1.40. The number of anilines is 3. The number of aromatic nitrogens is 2. The summed E-state index contributed by atoms with van der Waals surface area (Å²) in [6.45, 7) is 12.4. The van der Waals surface area contributed by atoms with E-state index in [4.69, 9.17) is 4.74 Å². The van der Waals surface area contributed by atoms with E-state index in [2.05, 4.69) is 64.1 Å². The van der Waals surface area contributed by atoms with Gasteiger partial charge in [-0.2, -0.15) is 0 Å². The van der Waals surface area contributed by atoms with Crippen LogP contribution in [0.25, 0.3) is 11.3 Å². The Morgan fingerprint density at radius 1 is 1.19 bits per heavy atom. The van der Waals surface area contributed by atoms with Crippen molar-refractivity contribution in [1.29, 1.82) is 0 Å². The maximum absolute atomic E-state index is 15.2. The minimum absolute atomic E-state index is 0.109. The fraction of sp³-hybridized carbons (Fsp3) is 0.379. The molecule has 0 bridgehead atoms. The summed E-state index contributed by atoms with van der Waals surface area (Å²) < 4.78 is 21.5. The molecule has 3 heterocycles. The summed E-state index contributed by atoms with van der Waals surface area (Å²) in [5, 5.41) is 6.68. The zero-order valence-electron chi connectivity index (χ0n) is 21.1. The molecule has 6 rings (SSSR count). The van der Waals surface area contributed by atoms with E-state index in [1.165, 1.54) is 17.3 Å². The van der Waals surface area contributed by atoms with Crippen molar-refractivity contribution in [3.63, 3.8) is 0 Å². The molecule has 2 aromatic carbocycles. The van der Waals surface area contributed by atoms with Gasteiger partial charge in [0.2, 0.25) is 5.95 Å². The average molecular weight is 486 g/mol. The number of halogens is 1. The highest BCUT2D eigenvalue weighted by Gasteiger charge is 2.36. The van der Waals surface area contributed by atoms with Crippen molar-refractivity contribution in [3.8, 4) is 17.0 Å². The van der Waals surface area contributed by atoms with Gasteiger partial charge in [0.1, 0.15) is 17.5 Å². The Bertz CT molecular complexity index is 1350. The SMILES string of the molecule is C=C1C(C)Oc2c(C3CC3)cc(-c3nc(Nc4ccc5c(c4)CCNC5)ncc3F)cc2N1C(C)C. The van der Waals surface area contributed by atoms with Crippen LogP contribution in [-0.2, 0) is 13.0 Å². The molecular weight excluding hydrogens is 453 g/mol. The van der Waals surface area contributed by atoms with Gasteiger partial charge in [-0.3, -0.25) is 0 Å². The molecule has 7 heteroatoms. The molecule has 1 aliphatic carbocycles. The lowest BCUT2D eigenvalue weighted by molar-refractivity contribution is 0.238. The first-order chi connectivity index (χ1) is 17.4. The summed E-state index contributed by atoms with van der Waals surface area (Å²) in [4.78, 5) is 11.1. The topological polar surface area (TPSA) is 62.3 Å². The minimum Gasteiger partial charge on any atom is -0.482 e. The Kier molecular flexibility index (Phi) is 5.67. The van der Waals surface area contributed by atoms with Gasteiger partial charge in [0.25, 0.3) is 0 Å². The molecule has 1 atom stereocenters. The first-order valence-electron chi connectivity index (χ1n) is 12.8. The molecule has 0 saturated heterocycles. The quantitative estimate of drug-likeness (QED) is 0.458. The van der Waals surface area contributed by atoms with Crippen molar-refractivity contribution in [2.75, 3.05) is 16.8 Å². The summed E-state index contributed by atoms with van der Waals surface area (Å²) >= 11 is 0. The van der Waals surface area contributed by atoms with Gasteiger partial charge in [0.05, 0.1) is 17.6 Å². The Morgan fingerprint density at radius 2 is 2.03 bits per heavy atom. The smallest absolute Gasteiger partial charge is 0.227 e. The number of benzene rings is 2. The first kappa shape index (κ1) is 23.0. The third-order valence-electron chi connectivity index (χ3n) is 7.33. The van der Waals surface area contributed by atoms with Crippen LogP contribution in [0.5, 0.6) is 5.75 Å². The predicted octanol–water partition coefficient (Wildman–Crippen LogP) is 6.06. The number of nitrogens with zero attached hydrogens (tertiary/aromatic N) is 3. The highest BCUT2D eigenvalue weighted by Crippen LogP contribution is 2.52. The molecule has 3 aliphatic rings. The summed E-state index contributed by atoms with van der Waals surface area (Å²) in [7, 11) is 0. The van der Waals surface area contributed by atoms with E-state index in [0.717, 1.165) is 66.3 Å². The van der Waals surface area contributed by atoms with Crippen LogP contribution in [0.4, 0.5) is 21.7 Å². The van der Waals surface area contributed by atoms with Gasteiger partial charge in [0, 0.05) is 29.4 Å². The van der Waals surface area contributed by atoms with Gasteiger partial charge >= 0.3 is 0 Å². The van der Waals surface area contributed by atoms with Crippen molar-refractivity contribution in [1.82, 2.24) is 15.3 Å². The van der Waals surface area contributed by atoms with Gasteiger partial charge in [0.15, 0.2) is 5.82 Å². The Hall–Kier alpha value is -3.45. The molecule has 2 N–H and O–H groups in total. The zero-order chi connectivity index (χ0) is 25.0. The van der Waals surface area contributed by atoms with Crippen molar-refractivity contribution in [2.24, 2.45) is 0 Å². The molecular formula is C29H32FN5O. The third-order valence-corrected chi connectivity index (χ3v) is 7.33. The summed E-state index contributed by atoms with van der Waals surface area (Å²) in [5.41, 5.74) is 7.51. The van der Waals surface area contributed by atoms with E-state index in [1.807, 2.05) is 19.1 Å². The van der Waals surface area contributed by atoms with E-state index in [0.29, 0.717) is 11.9 Å². The van der Waals surface area contributed by atoms with E-state index in [-0.39, 0.29) is 17.8 Å². The maximum atomic E-state index is 15.2. The highest BCUT2D eigenvalue weighted by atomic mass is 19.1. The lowest BCUT2D eigenvalue weighted by atomic mass is 9.98. The number of ether oxygens (including phenoxy) is 1. The van der Waals surface area contributed by atoms with Gasteiger partial charge in [-0.1, -0.05) is 12.6 Å². The number of nitrogens with one attached hydrogen (secondary N) is 2. The first-order valence-corrected chi connectivity index (χ1v) is 12.8. The standard InChI is InChI=1S/C29H32FN5O/c1-16(2)35-17(3)18(4)36-28-24(19-5-6-19)12-22(13-26(28)35)27-25(30)15-32-29(34-27)33-23-8-7-21-14-31-10-9-20(21)11-23/h7-8,11-13,15-16,18-19,31H,3,5-6,9-10,14H2,1-2,4H3,(H,32,33,34). The molecule has 6 nitrogen and oxygen atoms in total. The summed E-state index contributed by atoms with van der Waals surface area (Å²) in [5.74, 6) is 1.25. The van der Waals surface area contributed by atoms with Crippen molar-refractivity contribution in [3.05, 3.63) is 71.3 Å². The van der Waals surface area contributed by atoms with Crippen LogP contribution in [-0.4, -0.2) is 28.7 Å². The van der Waals surface area contributed by atoms with Crippen LogP contribution in [0.3, 0.4) is 0 Å². The van der Waals surface area contributed by atoms with Crippen molar-refractivity contribution >= 4 is 17.3 Å². The molecule has 0 amide bonds. The second-order valence-corrected chi connectivity index (χ2v) is 10.3. The molecule has 0 radical (unpaired) electrons. The fourth-order valence-corrected chi connectivity index (χ4v) is 5.30. The number of fused-ring (bicyclic) bond motifs is 2. The molecule has 0 spiro atoms. The Morgan fingerprint density at radius 3 is 2.81 bits per heavy atom. The molecule has 1 aromatic heterocycles. The normalized spacial score (nSPS) is 19.1. The summed E-state index contributed by atoms with van der Waals surface area (Å²) in [6, 6.07) is 10.5. The van der Waals surface area contributed by atoms with Crippen LogP contribution >= 0.6 is 0 Å².